The van der Waals surface area contributed by atoms with E-state index in [0.29, 0.717) is 11.9 Å². The molecule has 0 atom stereocenters. The van der Waals surface area contributed by atoms with Gasteiger partial charge >= 0.3 is 6.01 Å². The molecule has 112 valence electrons. The van der Waals surface area contributed by atoms with E-state index in [4.69, 9.17) is 4.74 Å². The van der Waals surface area contributed by atoms with Gasteiger partial charge in [-0.2, -0.15) is 15.0 Å². The summed E-state index contributed by atoms with van der Waals surface area (Å²) < 4.78 is 7.39. The highest BCUT2D eigenvalue weighted by Gasteiger charge is 2.10. The third-order valence-corrected chi connectivity index (χ3v) is 3.54. The van der Waals surface area contributed by atoms with Crippen molar-refractivity contribution in [2.75, 3.05) is 17.7 Å². The quantitative estimate of drug-likeness (QED) is 0.768. The minimum absolute atomic E-state index is 0.0115. The molecule has 8 heteroatoms. The first-order valence-electron chi connectivity index (χ1n) is 6.30. The summed E-state index contributed by atoms with van der Waals surface area (Å²) >= 11 is 6.91. The Balaban J connectivity index is 2.32. The molecule has 2 rings (SSSR count). The second-order valence-corrected chi connectivity index (χ2v) is 6.20. The van der Waals surface area contributed by atoms with E-state index in [9.17, 15) is 0 Å². The van der Waals surface area contributed by atoms with Gasteiger partial charge in [0.15, 0.2) is 0 Å². The standard InChI is InChI=1S/C13H15Br2N5O/c1-7(2)21-13-19-11(16-3)18-12(20-13)17-10-6-8(14)4-5-9(10)15/h4-7H,1-3H3,(H2,16,17,18,19,20). The Morgan fingerprint density at radius 3 is 2.48 bits per heavy atom. The zero-order chi connectivity index (χ0) is 15.4. The van der Waals surface area contributed by atoms with E-state index in [2.05, 4.69) is 57.4 Å². The number of nitrogens with one attached hydrogen (secondary N) is 2. The summed E-state index contributed by atoms with van der Waals surface area (Å²) in [6.07, 6.45) is -0.0115. The van der Waals surface area contributed by atoms with Crippen molar-refractivity contribution in [3.63, 3.8) is 0 Å². The Morgan fingerprint density at radius 2 is 1.81 bits per heavy atom. The maximum atomic E-state index is 5.53. The highest BCUT2D eigenvalue weighted by Crippen LogP contribution is 2.28. The van der Waals surface area contributed by atoms with Crippen LogP contribution in [0.15, 0.2) is 27.1 Å². The van der Waals surface area contributed by atoms with E-state index in [1.54, 1.807) is 7.05 Å². The smallest absolute Gasteiger partial charge is 0.323 e. The van der Waals surface area contributed by atoms with Crippen LogP contribution in [0, 0.1) is 0 Å². The van der Waals surface area contributed by atoms with Crippen LogP contribution in [0.5, 0.6) is 6.01 Å². The van der Waals surface area contributed by atoms with Crippen LogP contribution in [0.3, 0.4) is 0 Å². The van der Waals surface area contributed by atoms with Gasteiger partial charge in [-0.05, 0) is 48.0 Å². The number of aromatic nitrogens is 3. The highest BCUT2D eigenvalue weighted by molar-refractivity contribution is 9.11. The lowest BCUT2D eigenvalue weighted by Gasteiger charge is -2.12. The first-order valence-corrected chi connectivity index (χ1v) is 7.89. The van der Waals surface area contributed by atoms with Crippen LogP contribution in [-0.4, -0.2) is 28.1 Å². The maximum absolute atomic E-state index is 5.53. The zero-order valence-electron chi connectivity index (χ0n) is 11.8. The van der Waals surface area contributed by atoms with Crippen molar-refractivity contribution in [3.05, 3.63) is 27.1 Å². The SMILES string of the molecule is CNc1nc(Nc2cc(Br)ccc2Br)nc(OC(C)C)n1. The van der Waals surface area contributed by atoms with Gasteiger partial charge in [0.25, 0.3) is 0 Å². The van der Waals surface area contributed by atoms with Gasteiger partial charge in [0.2, 0.25) is 11.9 Å². The van der Waals surface area contributed by atoms with Gasteiger partial charge in [-0.15, -0.1) is 0 Å². The lowest BCUT2D eigenvalue weighted by atomic mass is 10.3. The third-order valence-electron chi connectivity index (χ3n) is 2.35. The van der Waals surface area contributed by atoms with E-state index in [0.717, 1.165) is 14.6 Å². The van der Waals surface area contributed by atoms with E-state index in [1.807, 2.05) is 32.0 Å². The predicted octanol–water partition coefficient (Wildman–Crippen LogP) is 3.97. The molecule has 2 N–H and O–H groups in total. The van der Waals surface area contributed by atoms with Crippen molar-refractivity contribution in [2.45, 2.75) is 20.0 Å². The molecule has 0 aliphatic heterocycles. The maximum Gasteiger partial charge on any atom is 0.323 e. The van der Waals surface area contributed by atoms with E-state index >= 15 is 0 Å². The van der Waals surface area contributed by atoms with Gasteiger partial charge in [-0.1, -0.05) is 15.9 Å². The number of rotatable bonds is 5. The van der Waals surface area contributed by atoms with Crippen LogP contribution in [0.2, 0.25) is 0 Å². The van der Waals surface area contributed by atoms with Gasteiger partial charge in [-0.3, -0.25) is 0 Å². The van der Waals surface area contributed by atoms with Crippen LogP contribution in [0.4, 0.5) is 17.6 Å². The van der Waals surface area contributed by atoms with Crippen LogP contribution in [-0.2, 0) is 0 Å². The molecule has 0 bridgehead atoms. The summed E-state index contributed by atoms with van der Waals surface area (Å²) in [5, 5.41) is 6.03. The van der Waals surface area contributed by atoms with E-state index in [-0.39, 0.29) is 12.1 Å². The molecule has 0 saturated carbocycles. The molecule has 0 amide bonds. The molecule has 0 aliphatic carbocycles. The summed E-state index contributed by atoms with van der Waals surface area (Å²) in [6.45, 7) is 3.83. The molecule has 1 aromatic carbocycles. The Labute approximate surface area is 140 Å². The molecule has 1 heterocycles. The fraction of sp³-hybridized carbons (Fsp3) is 0.308. The Hall–Kier alpha value is -1.41. The molecule has 0 unspecified atom stereocenters. The van der Waals surface area contributed by atoms with Gasteiger partial charge in [0.05, 0.1) is 11.8 Å². The van der Waals surface area contributed by atoms with Crippen LogP contribution < -0.4 is 15.4 Å². The molecular weight excluding hydrogens is 402 g/mol. The minimum Gasteiger partial charge on any atom is -0.461 e. The summed E-state index contributed by atoms with van der Waals surface area (Å²) in [4.78, 5) is 12.7. The molecular formula is C13H15Br2N5O. The molecule has 0 radical (unpaired) electrons. The Bertz CT molecular complexity index is 636. The molecule has 0 aliphatic rings. The summed E-state index contributed by atoms with van der Waals surface area (Å²) in [5.74, 6) is 0.845. The second-order valence-electron chi connectivity index (χ2n) is 4.43. The molecule has 0 fully saturated rings. The number of anilines is 3. The monoisotopic (exact) mass is 415 g/mol. The van der Waals surface area contributed by atoms with Crippen molar-refractivity contribution in [2.24, 2.45) is 0 Å². The number of halogens is 2. The molecule has 6 nitrogen and oxygen atoms in total. The average molecular weight is 417 g/mol. The van der Waals surface area contributed by atoms with Gasteiger partial charge < -0.3 is 15.4 Å². The molecule has 0 saturated heterocycles. The lowest BCUT2D eigenvalue weighted by Crippen LogP contribution is -2.12. The first kappa shape index (κ1) is 16.0. The van der Waals surface area contributed by atoms with E-state index in [1.165, 1.54) is 0 Å². The number of benzene rings is 1. The van der Waals surface area contributed by atoms with Crippen molar-refractivity contribution in [3.8, 4) is 6.01 Å². The van der Waals surface area contributed by atoms with Crippen molar-refractivity contribution < 1.29 is 4.74 Å². The average Bonchev–Trinajstić information content (AvgIpc) is 2.42. The molecule has 21 heavy (non-hydrogen) atoms. The Morgan fingerprint density at radius 1 is 1.10 bits per heavy atom. The summed E-state index contributed by atoms with van der Waals surface area (Å²) in [5.41, 5.74) is 0.841. The first-order chi connectivity index (χ1) is 9.97. The number of ether oxygens (including phenoxy) is 1. The molecule has 2 aromatic rings. The van der Waals surface area contributed by atoms with Crippen molar-refractivity contribution >= 4 is 49.4 Å². The highest BCUT2D eigenvalue weighted by atomic mass is 79.9. The fourth-order valence-corrected chi connectivity index (χ4v) is 2.21. The molecule has 1 aromatic heterocycles. The van der Waals surface area contributed by atoms with Gasteiger partial charge in [0, 0.05) is 16.0 Å². The minimum atomic E-state index is -0.0115. The fourth-order valence-electron chi connectivity index (χ4n) is 1.50. The van der Waals surface area contributed by atoms with Gasteiger partial charge in [0.1, 0.15) is 0 Å². The second kappa shape index (κ2) is 7.04. The van der Waals surface area contributed by atoms with Crippen LogP contribution in [0.1, 0.15) is 13.8 Å². The number of nitrogens with zero attached hydrogens (tertiary/aromatic N) is 3. The van der Waals surface area contributed by atoms with Crippen LogP contribution >= 0.6 is 31.9 Å². The van der Waals surface area contributed by atoms with E-state index < -0.39 is 0 Å². The zero-order valence-corrected chi connectivity index (χ0v) is 15.0. The predicted molar refractivity (Wildman–Crippen MR) is 90.3 cm³/mol. The normalized spacial score (nSPS) is 10.6. The summed E-state index contributed by atoms with van der Waals surface area (Å²) in [7, 11) is 1.74. The summed E-state index contributed by atoms with van der Waals surface area (Å²) in [6, 6.07) is 6.07. The van der Waals surface area contributed by atoms with Crippen molar-refractivity contribution in [1.29, 1.82) is 0 Å². The largest absolute Gasteiger partial charge is 0.461 e. The molecule has 0 spiro atoms. The number of hydrogen-bond donors (Lipinski definition) is 2. The Kier molecular flexibility index (Phi) is 5.35. The number of hydrogen-bond acceptors (Lipinski definition) is 6. The topological polar surface area (TPSA) is 72.0 Å². The lowest BCUT2D eigenvalue weighted by molar-refractivity contribution is 0.222. The van der Waals surface area contributed by atoms with Crippen molar-refractivity contribution in [1.82, 2.24) is 15.0 Å². The third kappa shape index (κ3) is 4.53. The van der Waals surface area contributed by atoms with Crippen LogP contribution in [0.25, 0.3) is 0 Å². The van der Waals surface area contributed by atoms with Gasteiger partial charge in [-0.25, -0.2) is 0 Å².